The molecule has 0 saturated heterocycles. The molecule has 11 heteroatoms. The van der Waals surface area contributed by atoms with Crippen LogP contribution in [0.15, 0.2) is 54.0 Å². The summed E-state index contributed by atoms with van der Waals surface area (Å²) in [4.78, 5) is 12.8. The molecule has 10 nitrogen and oxygen atoms in total. The maximum Gasteiger partial charge on any atom is 0.219 e. The summed E-state index contributed by atoms with van der Waals surface area (Å²) in [6.07, 6.45) is 8.71. The molecule has 1 fully saturated rings. The Labute approximate surface area is 219 Å². The first kappa shape index (κ1) is 24.8. The highest BCUT2D eigenvalue weighted by molar-refractivity contribution is 6.33. The van der Waals surface area contributed by atoms with Gasteiger partial charge in [0.05, 0.1) is 33.7 Å². The van der Waals surface area contributed by atoms with E-state index in [0.29, 0.717) is 11.3 Å². The van der Waals surface area contributed by atoms with E-state index in [-0.39, 0.29) is 39.6 Å². The van der Waals surface area contributed by atoms with Gasteiger partial charge in [-0.15, -0.1) is 0 Å². The van der Waals surface area contributed by atoms with Crippen LogP contribution in [0.2, 0.25) is 5.02 Å². The zero-order valence-electron chi connectivity index (χ0n) is 20.9. The number of phenols is 1. The van der Waals surface area contributed by atoms with E-state index >= 15 is 0 Å². The van der Waals surface area contributed by atoms with Crippen LogP contribution < -0.4 is 22.5 Å². The number of nitrogen functional groups attached to an aromatic ring is 1. The van der Waals surface area contributed by atoms with Gasteiger partial charge >= 0.3 is 0 Å². The monoisotopic (exact) mass is 519 g/mol. The molecular weight excluding hydrogens is 490 g/mol. The van der Waals surface area contributed by atoms with E-state index in [1.165, 1.54) is 12.1 Å². The summed E-state index contributed by atoms with van der Waals surface area (Å²) < 4.78 is 1.78. The molecule has 1 saturated carbocycles. The topological polar surface area (TPSA) is 166 Å². The van der Waals surface area contributed by atoms with Crippen LogP contribution in [0.1, 0.15) is 39.2 Å². The lowest BCUT2D eigenvalue weighted by atomic mass is 9.75. The molecule has 37 heavy (non-hydrogen) atoms. The number of aromatic nitrogens is 4. The van der Waals surface area contributed by atoms with Crippen LogP contribution >= 0.6 is 11.6 Å². The summed E-state index contributed by atoms with van der Waals surface area (Å²) in [5, 5.41) is 18.3. The predicted octanol–water partition coefficient (Wildman–Crippen LogP) is 4.09. The van der Waals surface area contributed by atoms with Crippen molar-refractivity contribution in [2.24, 2.45) is 21.9 Å². The number of benzene rings is 1. The van der Waals surface area contributed by atoms with Crippen molar-refractivity contribution in [2.45, 2.75) is 45.2 Å². The van der Waals surface area contributed by atoms with Crippen molar-refractivity contribution < 1.29 is 5.11 Å². The fourth-order valence-electron chi connectivity index (χ4n) is 4.78. The van der Waals surface area contributed by atoms with E-state index in [0.717, 1.165) is 35.2 Å². The Kier molecular flexibility index (Phi) is 5.96. The van der Waals surface area contributed by atoms with Crippen LogP contribution in [-0.4, -0.2) is 42.1 Å². The lowest BCUT2D eigenvalue weighted by Crippen LogP contribution is -2.51. The van der Waals surface area contributed by atoms with Gasteiger partial charge in [-0.2, -0.15) is 5.10 Å². The van der Waals surface area contributed by atoms with Gasteiger partial charge < -0.3 is 27.6 Å². The summed E-state index contributed by atoms with van der Waals surface area (Å²) >= 11 is 6.29. The summed E-state index contributed by atoms with van der Waals surface area (Å²) in [5.41, 5.74) is 22.7. The summed E-state index contributed by atoms with van der Waals surface area (Å²) in [6.45, 7) is 6.45. The van der Waals surface area contributed by atoms with Gasteiger partial charge in [-0.3, -0.25) is 0 Å². The highest BCUT2D eigenvalue weighted by Gasteiger charge is 2.49. The van der Waals surface area contributed by atoms with Gasteiger partial charge in [-0.1, -0.05) is 25.4 Å². The average molecular weight is 520 g/mol. The molecule has 3 heterocycles. The number of hydrogen-bond donors (Lipinski definition) is 5. The number of fused-ring (bicyclic) bond motifs is 1. The quantitative estimate of drug-likeness (QED) is 0.194. The van der Waals surface area contributed by atoms with Crippen molar-refractivity contribution >= 4 is 40.3 Å². The van der Waals surface area contributed by atoms with Crippen LogP contribution in [0.25, 0.3) is 16.6 Å². The molecule has 2 atom stereocenters. The molecule has 0 unspecified atom stereocenters. The van der Waals surface area contributed by atoms with Crippen molar-refractivity contribution in [3.05, 3.63) is 59.6 Å². The third-order valence-corrected chi connectivity index (χ3v) is 8.01. The highest BCUT2D eigenvalue weighted by atomic mass is 35.5. The first-order valence-electron chi connectivity index (χ1n) is 11.9. The maximum absolute atomic E-state index is 9.70. The van der Waals surface area contributed by atoms with E-state index in [4.69, 9.17) is 28.8 Å². The first-order chi connectivity index (χ1) is 17.5. The largest absolute Gasteiger partial charge is 0.508 e. The number of amidine groups is 1. The second-order valence-corrected chi connectivity index (χ2v) is 10.7. The van der Waals surface area contributed by atoms with E-state index < -0.39 is 0 Å². The van der Waals surface area contributed by atoms with Crippen LogP contribution in [0.5, 0.6) is 5.75 Å². The van der Waals surface area contributed by atoms with E-state index in [1.54, 1.807) is 29.2 Å². The number of nitrogens with one attached hydrogen (secondary N) is 1. The third kappa shape index (κ3) is 4.42. The van der Waals surface area contributed by atoms with E-state index in [1.807, 2.05) is 12.3 Å². The van der Waals surface area contributed by atoms with Crippen molar-refractivity contribution in [1.29, 1.82) is 0 Å². The molecule has 1 aromatic carbocycles. The number of nitrogens with zero attached hydrogens (tertiary/aromatic N) is 5. The lowest BCUT2D eigenvalue weighted by Gasteiger charge is -2.39. The van der Waals surface area contributed by atoms with Crippen molar-refractivity contribution in [3.8, 4) is 16.9 Å². The van der Waals surface area contributed by atoms with Crippen LogP contribution in [-0.2, 0) is 0 Å². The maximum atomic E-state index is 9.70. The molecule has 5 rings (SSSR count). The molecule has 0 radical (unpaired) electrons. The van der Waals surface area contributed by atoms with E-state index in [2.05, 4.69) is 46.1 Å². The van der Waals surface area contributed by atoms with Crippen molar-refractivity contribution in [2.75, 3.05) is 11.1 Å². The zero-order valence-corrected chi connectivity index (χ0v) is 21.7. The fraction of sp³-hybridized carbons (Fsp3) is 0.308. The molecule has 3 aromatic heterocycles. The molecule has 0 spiro atoms. The van der Waals surface area contributed by atoms with Gasteiger partial charge in [0.25, 0.3) is 0 Å². The molecule has 0 aliphatic heterocycles. The minimum atomic E-state index is -0.332. The van der Waals surface area contributed by atoms with Gasteiger partial charge in [0, 0.05) is 52.8 Å². The fourth-order valence-corrected chi connectivity index (χ4v) is 4.99. The number of aliphatic imine (C=N–C) groups is 1. The smallest absolute Gasteiger partial charge is 0.219 e. The van der Waals surface area contributed by atoms with Gasteiger partial charge in [0.15, 0.2) is 0 Å². The Morgan fingerprint density at radius 1 is 1.16 bits per heavy atom. The third-order valence-electron chi connectivity index (χ3n) is 7.70. The Morgan fingerprint density at radius 3 is 2.54 bits per heavy atom. The molecule has 8 N–H and O–H groups in total. The van der Waals surface area contributed by atoms with Crippen molar-refractivity contribution in [1.82, 2.24) is 19.6 Å². The number of halogens is 1. The van der Waals surface area contributed by atoms with E-state index in [9.17, 15) is 5.11 Å². The first-order valence-corrected chi connectivity index (χ1v) is 12.3. The van der Waals surface area contributed by atoms with Crippen molar-refractivity contribution in [3.63, 3.8) is 0 Å². The second-order valence-electron chi connectivity index (χ2n) is 10.3. The van der Waals surface area contributed by atoms with Gasteiger partial charge in [0.2, 0.25) is 5.95 Å². The average Bonchev–Trinajstić information content (AvgIpc) is 3.36. The second kappa shape index (κ2) is 8.89. The molecule has 0 amide bonds. The minimum Gasteiger partial charge on any atom is -0.508 e. The molecule has 1 aliphatic carbocycles. The standard InChI is InChI=1S/C26H30ClN9O/c1-25(2)21(6-7-26(25,3)30)35-22-17(23(28)34-19-5-4-16(37)9-18(19)27)12-33-36-13-14(8-20(22)36)15-10-31-24(29)32-11-15/h4-5,8-13,21,35,37H,6-7,30H2,1-3H3,(H2,28,34)(H2,29,31,32)/t21-,26+/m1/s1. The highest BCUT2D eigenvalue weighted by Crippen LogP contribution is 2.46. The number of phenolic OH excluding ortho intramolecular Hbond substituents is 1. The minimum absolute atomic E-state index is 0.0497. The Morgan fingerprint density at radius 2 is 1.89 bits per heavy atom. The van der Waals surface area contributed by atoms with Crippen LogP contribution in [0, 0.1) is 5.41 Å². The van der Waals surface area contributed by atoms with Crippen LogP contribution in [0.3, 0.4) is 0 Å². The lowest BCUT2D eigenvalue weighted by molar-refractivity contribution is 0.215. The summed E-state index contributed by atoms with van der Waals surface area (Å²) in [5.74, 6) is 0.490. The van der Waals surface area contributed by atoms with Gasteiger partial charge in [-0.05, 0) is 38.0 Å². The number of anilines is 2. The number of nitrogens with two attached hydrogens (primary N) is 3. The summed E-state index contributed by atoms with van der Waals surface area (Å²) in [7, 11) is 0. The molecule has 1 aliphatic rings. The van der Waals surface area contributed by atoms with Gasteiger partial charge in [-0.25, -0.2) is 19.5 Å². The normalized spacial score (nSPS) is 21.4. The van der Waals surface area contributed by atoms with Crippen LogP contribution in [0.4, 0.5) is 17.3 Å². The Balaban J connectivity index is 1.65. The predicted molar refractivity (Wildman–Crippen MR) is 147 cm³/mol. The SMILES string of the molecule is CC1(C)[C@H](Nc2c(C(N)=Nc3ccc(O)cc3Cl)cnn3cc(-c4cnc(N)nc4)cc23)CC[C@]1(C)N. The number of hydrogen-bond acceptors (Lipinski definition) is 8. The van der Waals surface area contributed by atoms with Gasteiger partial charge in [0.1, 0.15) is 11.6 Å². The molecule has 192 valence electrons. The molecule has 4 aromatic rings. The molecule has 0 bridgehead atoms. The molecular formula is C26H30ClN9O. The summed E-state index contributed by atoms with van der Waals surface area (Å²) in [6, 6.07) is 6.62. The Hall–Kier alpha value is -3.89. The zero-order chi connectivity index (χ0) is 26.5. The number of aromatic hydroxyl groups is 1. The Bertz CT molecular complexity index is 1510. The number of rotatable bonds is 5.